The molecule has 0 saturated carbocycles. The van der Waals surface area contributed by atoms with E-state index in [1.807, 2.05) is 19.9 Å². The number of rotatable bonds is 5. The molecule has 0 radical (unpaired) electrons. The summed E-state index contributed by atoms with van der Waals surface area (Å²) >= 11 is 0. The first kappa shape index (κ1) is 19.2. The minimum absolute atomic E-state index is 0.0738. The molecular weight excluding hydrogens is 364 g/mol. The van der Waals surface area contributed by atoms with Crippen molar-refractivity contribution in [3.05, 3.63) is 47.5 Å². The van der Waals surface area contributed by atoms with Crippen molar-refractivity contribution in [2.75, 3.05) is 23.3 Å². The summed E-state index contributed by atoms with van der Waals surface area (Å²) in [6.45, 7) is 4.39. The standard InChI is InChI=1S/C20H24N2O4S/c1-14-7-10-18(26-3)19(12-14)27(24,25)21-16-9-8-15(2)17(13-16)22-11-5-4-6-20(22)23/h7-10,12-13,21H,4-6,11H2,1-3H3. The smallest absolute Gasteiger partial charge is 0.265 e. The lowest BCUT2D eigenvalue weighted by Crippen LogP contribution is -2.35. The monoisotopic (exact) mass is 388 g/mol. The third-order valence-electron chi connectivity index (χ3n) is 4.68. The average Bonchev–Trinajstić information content (AvgIpc) is 2.64. The SMILES string of the molecule is COc1ccc(C)cc1S(=O)(=O)Nc1ccc(C)c(N2CCCCC2=O)c1. The Labute approximate surface area is 160 Å². The largest absolute Gasteiger partial charge is 0.495 e. The van der Waals surface area contributed by atoms with E-state index in [2.05, 4.69) is 4.72 Å². The zero-order chi connectivity index (χ0) is 19.6. The molecule has 1 fully saturated rings. The van der Waals surface area contributed by atoms with Crippen LogP contribution in [0.2, 0.25) is 0 Å². The van der Waals surface area contributed by atoms with Crippen LogP contribution in [0.5, 0.6) is 5.75 Å². The van der Waals surface area contributed by atoms with Gasteiger partial charge in [0.25, 0.3) is 10.0 Å². The molecule has 1 N–H and O–H groups in total. The number of methoxy groups -OCH3 is 1. The summed E-state index contributed by atoms with van der Waals surface area (Å²) < 4.78 is 33.6. The molecule has 1 aliphatic rings. The fraction of sp³-hybridized carbons (Fsp3) is 0.350. The molecular formula is C20H24N2O4S. The Morgan fingerprint density at radius 1 is 1.07 bits per heavy atom. The number of ether oxygens (including phenoxy) is 1. The highest BCUT2D eigenvalue weighted by molar-refractivity contribution is 7.92. The third-order valence-corrected chi connectivity index (χ3v) is 6.09. The van der Waals surface area contributed by atoms with Crippen LogP contribution in [0.3, 0.4) is 0 Å². The zero-order valence-corrected chi connectivity index (χ0v) is 16.6. The maximum atomic E-state index is 12.9. The van der Waals surface area contributed by atoms with Gasteiger partial charge in [0.15, 0.2) is 0 Å². The number of hydrogen-bond acceptors (Lipinski definition) is 4. The van der Waals surface area contributed by atoms with Gasteiger partial charge in [-0.3, -0.25) is 9.52 Å². The Morgan fingerprint density at radius 3 is 2.56 bits per heavy atom. The normalized spacial score (nSPS) is 14.9. The lowest BCUT2D eigenvalue weighted by Gasteiger charge is -2.28. The van der Waals surface area contributed by atoms with Crippen LogP contribution in [0.25, 0.3) is 0 Å². The molecule has 0 aromatic heterocycles. The van der Waals surface area contributed by atoms with Gasteiger partial charge in [0.1, 0.15) is 10.6 Å². The fourth-order valence-corrected chi connectivity index (χ4v) is 4.53. The number of anilines is 2. The van der Waals surface area contributed by atoms with Crippen LogP contribution in [-0.2, 0) is 14.8 Å². The molecule has 0 aliphatic carbocycles. The van der Waals surface area contributed by atoms with Gasteiger partial charge in [-0.25, -0.2) is 8.42 Å². The predicted octanol–water partition coefficient (Wildman–Crippen LogP) is 3.63. The Hall–Kier alpha value is -2.54. The summed E-state index contributed by atoms with van der Waals surface area (Å²) in [7, 11) is -2.39. The number of nitrogens with one attached hydrogen (secondary N) is 1. The second-order valence-electron chi connectivity index (χ2n) is 6.76. The summed E-state index contributed by atoms with van der Waals surface area (Å²) in [6.07, 6.45) is 2.37. The first-order valence-corrected chi connectivity index (χ1v) is 10.4. The molecule has 2 aromatic carbocycles. The molecule has 0 unspecified atom stereocenters. The molecule has 1 saturated heterocycles. The number of carbonyl (C=O) groups is 1. The first-order chi connectivity index (χ1) is 12.8. The molecule has 2 aromatic rings. The Balaban J connectivity index is 1.95. The van der Waals surface area contributed by atoms with E-state index >= 15 is 0 Å². The molecule has 1 amide bonds. The van der Waals surface area contributed by atoms with Crippen molar-refractivity contribution in [1.82, 2.24) is 0 Å². The number of nitrogens with zero attached hydrogens (tertiary/aromatic N) is 1. The van der Waals surface area contributed by atoms with Crippen LogP contribution < -0.4 is 14.4 Å². The molecule has 0 bridgehead atoms. The summed E-state index contributed by atoms with van der Waals surface area (Å²) in [6, 6.07) is 10.2. The Kier molecular flexibility index (Phi) is 5.41. The molecule has 0 atom stereocenters. The van der Waals surface area contributed by atoms with Crippen molar-refractivity contribution >= 4 is 27.3 Å². The minimum Gasteiger partial charge on any atom is -0.495 e. The van der Waals surface area contributed by atoms with Gasteiger partial charge in [-0.2, -0.15) is 0 Å². The quantitative estimate of drug-likeness (QED) is 0.849. The summed E-state index contributed by atoms with van der Waals surface area (Å²) in [5.41, 5.74) is 2.91. The number of amides is 1. The predicted molar refractivity (Wildman–Crippen MR) is 106 cm³/mol. The van der Waals surface area contributed by atoms with E-state index in [0.717, 1.165) is 29.7 Å². The second kappa shape index (κ2) is 7.60. The molecule has 27 heavy (non-hydrogen) atoms. The van der Waals surface area contributed by atoms with E-state index in [-0.39, 0.29) is 16.6 Å². The van der Waals surface area contributed by atoms with Crippen LogP contribution in [0.4, 0.5) is 11.4 Å². The van der Waals surface area contributed by atoms with Crippen LogP contribution in [0.1, 0.15) is 30.4 Å². The van der Waals surface area contributed by atoms with E-state index in [0.29, 0.717) is 18.7 Å². The molecule has 7 heteroatoms. The number of aryl methyl sites for hydroxylation is 2. The van der Waals surface area contributed by atoms with E-state index in [4.69, 9.17) is 4.74 Å². The lowest BCUT2D eigenvalue weighted by molar-refractivity contribution is -0.119. The topological polar surface area (TPSA) is 75.7 Å². The van der Waals surface area contributed by atoms with Crippen molar-refractivity contribution in [1.29, 1.82) is 0 Å². The van der Waals surface area contributed by atoms with Gasteiger partial charge >= 0.3 is 0 Å². The Morgan fingerprint density at radius 2 is 1.85 bits per heavy atom. The highest BCUT2D eigenvalue weighted by atomic mass is 32.2. The van der Waals surface area contributed by atoms with E-state index in [9.17, 15) is 13.2 Å². The van der Waals surface area contributed by atoms with Gasteiger partial charge in [0.05, 0.1) is 12.8 Å². The maximum absolute atomic E-state index is 12.9. The molecule has 1 heterocycles. The molecule has 144 valence electrons. The lowest BCUT2D eigenvalue weighted by atomic mass is 10.1. The number of benzene rings is 2. The van der Waals surface area contributed by atoms with Crippen molar-refractivity contribution < 1.29 is 17.9 Å². The average molecular weight is 388 g/mol. The third kappa shape index (κ3) is 4.08. The van der Waals surface area contributed by atoms with Crippen molar-refractivity contribution in [2.45, 2.75) is 38.0 Å². The summed E-state index contributed by atoms with van der Waals surface area (Å²) in [5.74, 6) is 0.358. The van der Waals surface area contributed by atoms with Crippen LogP contribution in [-0.4, -0.2) is 28.0 Å². The first-order valence-electron chi connectivity index (χ1n) is 8.90. The minimum atomic E-state index is -3.83. The molecule has 0 spiro atoms. The van der Waals surface area contributed by atoms with Gasteiger partial charge in [-0.15, -0.1) is 0 Å². The zero-order valence-electron chi connectivity index (χ0n) is 15.8. The van der Waals surface area contributed by atoms with Gasteiger partial charge < -0.3 is 9.64 Å². The fourth-order valence-electron chi connectivity index (χ4n) is 3.23. The Bertz CT molecular complexity index is 970. The van der Waals surface area contributed by atoms with E-state index < -0.39 is 10.0 Å². The highest BCUT2D eigenvalue weighted by Gasteiger charge is 2.23. The van der Waals surface area contributed by atoms with Crippen LogP contribution in [0.15, 0.2) is 41.3 Å². The van der Waals surface area contributed by atoms with E-state index in [1.54, 1.807) is 35.2 Å². The molecule has 3 rings (SSSR count). The van der Waals surface area contributed by atoms with E-state index in [1.165, 1.54) is 7.11 Å². The van der Waals surface area contributed by atoms with Gasteiger partial charge in [0.2, 0.25) is 5.91 Å². The van der Waals surface area contributed by atoms with Crippen molar-refractivity contribution in [2.24, 2.45) is 0 Å². The molecule has 6 nitrogen and oxygen atoms in total. The molecule has 1 aliphatic heterocycles. The van der Waals surface area contributed by atoms with Crippen molar-refractivity contribution in [3.8, 4) is 5.75 Å². The van der Waals surface area contributed by atoms with Crippen LogP contribution in [0, 0.1) is 13.8 Å². The van der Waals surface area contributed by atoms with Gasteiger partial charge in [0, 0.05) is 18.7 Å². The summed E-state index contributed by atoms with van der Waals surface area (Å²) in [5, 5.41) is 0. The van der Waals surface area contributed by atoms with Gasteiger partial charge in [-0.05, 0) is 62.1 Å². The van der Waals surface area contributed by atoms with Crippen LogP contribution >= 0.6 is 0 Å². The number of piperidine rings is 1. The number of sulfonamides is 1. The van der Waals surface area contributed by atoms with Gasteiger partial charge in [-0.1, -0.05) is 12.1 Å². The second-order valence-corrected chi connectivity index (χ2v) is 8.41. The summed E-state index contributed by atoms with van der Waals surface area (Å²) in [4.78, 5) is 14.1. The highest BCUT2D eigenvalue weighted by Crippen LogP contribution is 2.31. The number of hydrogen-bond donors (Lipinski definition) is 1. The number of carbonyl (C=O) groups excluding carboxylic acids is 1. The van der Waals surface area contributed by atoms with Crippen molar-refractivity contribution in [3.63, 3.8) is 0 Å². The maximum Gasteiger partial charge on any atom is 0.265 e.